The van der Waals surface area contributed by atoms with Crippen LogP contribution < -0.4 is 10.6 Å². The smallest absolute Gasteiger partial charge is 0.228 e. The lowest BCUT2D eigenvalue weighted by Gasteiger charge is -2.11. The lowest BCUT2D eigenvalue weighted by Crippen LogP contribution is -2.38. The molecule has 2 aromatic heterocycles. The lowest BCUT2D eigenvalue weighted by atomic mass is 10.2. The first-order chi connectivity index (χ1) is 11.4. The second-order valence-electron chi connectivity index (χ2n) is 5.64. The number of halogens is 3. The van der Waals surface area contributed by atoms with E-state index >= 15 is 0 Å². The molecule has 0 radical (unpaired) electrons. The second kappa shape index (κ2) is 10.2. The topological polar surface area (TPSA) is 80.3 Å². The summed E-state index contributed by atoms with van der Waals surface area (Å²) in [5.41, 5.74) is 0.964. The molecule has 7 nitrogen and oxygen atoms in total. The Hall–Kier alpha value is -1.000. The maximum atomic E-state index is 6.06. The zero-order valence-electron chi connectivity index (χ0n) is 14.6. The number of nitrogens with zero attached hydrogens (tertiary/aromatic N) is 4. The van der Waals surface area contributed by atoms with Crippen LogP contribution in [0.25, 0.3) is 0 Å². The molecule has 0 saturated carbocycles. The van der Waals surface area contributed by atoms with Gasteiger partial charge in [-0.3, -0.25) is 4.99 Å². The Balaban J connectivity index is 0.00000312. The van der Waals surface area contributed by atoms with Crippen molar-refractivity contribution in [1.29, 1.82) is 0 Å². The molecular formula is C15H23Cl2IN6O. The average Bonchev–Trinajstić information content (AvgIpc) is 3.12. The van der Waals surface area contributed by atoms with Crippen LogP contribution in [0.2, 0.25) is 10.2 Å². The number of aliphatic imine (C=N–C) groups is 1. The maximum absolute atomic E-state index is 6.06. The first-order valence-corrected chi connectivity index (χ1v) is 8.44. The molecule has 0 spiro atoms. The van der Waals surface area contributed by atoms with E-state index in [2.05, 4.69) is 25.8 Å². The van der Waals surface area contributed by atoms with Crippen molar-refractivity contribution in [3.63, 3.8) is 0 Å². The minimum absolute atomic E-state index is 0. The minimum atomic E-state index is 0. The molecule has 2 heterocycles. The van der Waals surface area contributed by atoms with Gasteiger partial charge < -0.3 is 19.7 Å². The summed E-state index contributed by atoms with van der Waals surface area (Å²) in [7, 11) is 3.58. The summed E-state index contributed by atoms with van der Waals surface area (Å²) >= 11 is 12.1. The second-order valence-corrected chi connectivity index (χ2v) is 6.40. The summed E-state index contributed by atoms with van der Waals surface area (Å²) in [5.74, 6) is 2.27. The van der Waals surface area contributed by atoms with Gasteiger partial charge in [-0.1, -0.05) is 42.2 Å². The van der Waals surface area contributed by atoms with E-state index in [1.54, 1.807) is 7.05 Å². The number of aromatic nitrogens is 3. The number of guanidine groups is 1. The molecule has 0 bridgehead atoms. The molecule has 0 aliphatic heterocycles. The third-order valence-electron chi connectivity index (χ3n) is 3.51. The first kappa shape index (κ1) is 22.0. The van der Waals surface area contributed by atoms with E-state index in [-0.39, 0.29) is 29.9 Å². The summed E-state index contributed by atoms with van der Waals surface area (Å²) in [6.07, 6.45) is 0.627. The van der Waals surface area contributed by atoms with Crippen LogP contribution in [0, 0.1) is 0 Å². The molecular weight excluding hydrogens is 478 g/mol. The van der Waals surface area contributed by atoms with Crippen LogP contribution in [0.15, 0.2) is 15.6 Å². The lowest BCUT2D eigenvalue weighted by molar-refractivity contribution is 0.371. The first-order valence-electron chi connectivity index (χ1n) is 7.69. The summed E-state index contributed by atoms with van der Waals surface area (Å²) < 4.78 is 7.04. The van der Waals surface area contributed by atoms with Gasteiger partial charge in [-0.05, 0) is 6.07 Å². The van der Waals surface area contributed by atoms with Gasteiger partial charge >= 0.3 is 0 Å². The molecule has 10 heteroatoms. The highest BCUT2D eigenvalue weighted by Crippen LogP contribution is 2.24. The highest BCUT2D eigenvalue weighted by Gasteiger charge is 2.11. The van der Waals surface area contributed by atoms with Crippen LogP contribution >= 0.6 is 47.2 Å². The van der Waals surface area contributed by atoms with Gasteiger partial charge in [0.05, 0.1) is 11.6 Å². The Morgan fingerprint density at radius 3 is 2.60 bits per heavy atom. The van der Waals surface area contributed by atoms with Gasteiger partial charge in [-0.15, -0.1) is 24.0 Å². The summed E-state index contributed by atoms with van der Waals surface area (Å²) in [5, 5.41) is 11.4. The van der Waals surface area contributed by atoms with Crippen LogP contribution in [0.5, 0.6) is 0 Å². The zero-order valence-corrected chi connectivity index (χ0v) is 18.5. The molecule has 0 atom stereocenters. The van der Waals surface area contributed by atoms with E-state index in [1.165, 1.54) is 0 Å². The zero-order chi connectivity index (χ0) is 17.7. The van der Waals surface area contributed by atoms with Crippen molar-refractivity contribution in [3.05, 3.63) is 33.7 Å². The van der Waals surface area contributed by atoms with E-state index in [1.807, 2.05) is 31.5 Å². The van der Waals surface area contributed by atoms with E-state index in [0.29, 0.717) is 41.5 Å². The third kappa shape index (κ3) is 6.03. The number of hydrogen-bond donors (Lipinski definition) is 2. The van der Waals surface area contributed by atoms with Gasteiger partial charge in [0.25, 0.3) is 0 Å². The van der Waals surface area contributed by atoms with Gasteiger partial charge in [-0.25, -0.2) is 0 Å². The van der Waals surface area contributed by atoms with E-state index in [0.717, 1.165) is 11.5 Å². The normalized spacial score (nSPS) is 11.6. The van der Waals surface area contributed by atoms with Crippen LogP contribution in [0.4, 0.5) is 0 Å². The fourth-order valence-electron chi connectivity index (χ4n) is 2.05. The Kier molecular flexibility index (Phi) is 9.01. The van der Waals surface area contributed by atoms with Gasteiger partial charge in [0, 0.05) is 38.7 Å². The monoisotopic (exact) mass is 500 g/mol. The molecule has 2 aromatic rings. The SMILES string of the molecule is CN=C(NCCc1nc(C(C)C)no1)NCc1cc(Cl)c(Cl)n1C.I. The molecule has 0 aliphatic carbocycles. The van der Waals surface area contributed by atoms with Crippen LogP contribution in [-0.4, -0.2) is 34.3 Å². The summed E-state index contributed by atoms with van der Waals surface area (Å²) in [6.45, 7) is 5.25. The molecule has 0 fully saturated rings. The molecule has 0 unspecified atom stereocenters. The fourth-order valence-corrected chi connectivity index (χ4v) is 2.46. The van der Waals surface area contributed by atoms with Gasteiger partial charge in [-0.2, -0.15) is 4.98 Å². The molecule has 0 aliphatic rings. The Labute approximate surface area is 174 Å². The van der Waals surface area contributed by atoms with Gasteiger partial charge in [0.1, 0.15) is 5.15 Å². The quantitative estimate of drug-likeness (QED) is 0.361. The molecule has 0 amide bonds. The van der Waals surface area contributed by atoms with Crippen LogP contribution in [0.3, 0.4) is 0 Å². The largest absolute Gasteiger partial charge is 0.356 e. The summed E-state index contributed by atoms with van der Waals surface area (Å²) in [6, 6.07) is 1.83. The van der Waals surface area contributed by atoms with Crippen molar-refractivity contribution in [3.8, 4) is 0 Å². The number of rotatable bonds is 6. The third-order valence-corrected chi connectivity index (χ3v) is 4.35. The van der Waals surface area contributed by atoms with E-state index in [9.17, 15) is 0 Å². The standard InChI is InChI=1S/C15H22Cl2N6O.HI/c1-9(2)14-21-12(24-22-14)5-6-19-15(18-3)20-8-10-7-11(16)13(17)23(10)4;/h7,9H,5-6,8H2,1-4H3,(H2,18,19,20);1H. The molecule has 2 rings (SSSR count). The predicted octanol–water partition coefficient (Wildman–Crippen LogP) is 3.36. The van der Waals surface area contributed by atoms with Gasteiger partial charge in [0.15, 0.2) is 11.8 Å². The Morgan fingerprint density at radius 2 is 2.08 bits per heavy atom. The predicted molar refractivity (Wildman–Crippen MR) is 111 cm³/mol. The van der Waals surface area contributed by atoms with Crippen molar-refractivity contribution < 1.29 is 4.52 Å². The van der Waals surface area contributed by atoms with Crippen molar-refractivity contribution in [1.82, 2.24) is 25.3 Å². The molecule has 0 aromatic carbocycles. The van der Waals surface area contributed by atoms with Crippen LogP contribution in [-0.2, 0) is 20.0 Å². The molecule has 140 valence electrons. The Bertz CT molecular complexity index is 713. The van der Waals surface area contributed by atoms with Crippen molar-refractivity contribution in [2.75, 3.05) is 13.6 Å². The molecule has 2 N–H and O–H groups in total. The molecule has 25 heavy (non-hydrogen) atoms. The highest BCUT2D eigenvalue weighted by molar-refractivity contribution is 14.0. The van der Waals surface area contributed by atoms with Crippen LogP contribution in [0.1, 0.15) is 37.2 Å². The van der Waals surface area contributed by atoms with Gasteiger partial charge in [0.2, 0.25) is 5.89 Å². The maximum Gasteiger partial charge on any atom is 0.228 e. The number of hydrogen-bond acceptors (Lipinski definition) is 4. The highest BCUT2D eigenvalue weighted by atomic mass is 127. The van der Waals surface area contributed by atoms with Crippen molar-refractivity contribution in [2.24, 2.45) is 12.0 Å². The number of nitrogens with one attached hydrogen (secondary N) is 2. The average molecular weight is 501 g/mol. The van der Waals surface area contributed by atoms with E-state index in [4.69, 9.17) is 27.7 Å². The van der Waals surface area contributed by atoms with Crippen molar-refractivity contribution >= 4 is 53.1 Å². The minimum Gasteiger partial charge on any atom is -0.356 e. The van der Waals surface area contributed by atoms with E-state index < -0.39 is 0 Å². The fraction of sp³-hybridized carbons (Fsp3) is 0.533. The molecule has 0 saturated heterocycles. The Morgan fingerprint density at radius 1 is 1.36 bits per heavy atom. The summed E-state index contributed by atoms with van der Waals surface area (Å²) in [4.78, 5) is 8.52. The van der Waals surface area contributed by atoms with Crippen molar-refractivity contribution in [2.45, 2.75) is 32.7 Å².